The van der Waals surface area contributed by atoms with E-state index in [0.717, 1.165) is 43.5 Å². The van der Waals surface area contributed by atoms with E-state index in [-0.39, 0.29) is 12.0 Å². The summed E-state index contributed by atoms with van der Waals surface area (Å²) in [5.41, 5.74) is 1.27. The third-order valence-electron chi connectivity index (χ3n) is 4.41. The summed E-state index contributed by atoms with van der Waals surface area (Å²) in [4.78, 5) is 16.9. The second-order valence-electron chi connectivity index (χ2n) is 6.11. The van der Waals surface area contributed by atoms with Crippen LogP contribution in [-0.4, -0.2) is 54.6 Å². The van der Waals surface area contributed by atoms with Crippen molar-refractivity contribution in [2.24, 2.45) is 0 Å². The van der Waals surface area contributed by atoms with Crippen LogP contribution in [-0.2, 0) is 16.1 Å². The van der Waals surface area contributed by atoms with Crippen LogP contribution < -0.4 is 0 Å². The van der Waals surface area contributed by atoms with E-state index in [1.165, 1.54) is 12.0 Å². The van der Waals surface area contributed by atoms with Crippen LogP contribution in [0.15, 0.2) is 28.7 Å². The lowest BCUT2D eigenvalue weighted by Crippen LogP contribution is -2.51. The second kappa shape index (κ2) is 7.57. The minimum Gasteiger partial charge on any atom is -0.366 e. The molecule has 0 bridgehead atoms. The fraction of sp³-hybridized carbons (Fsp3) is 0.588. The van der Waals surface area contributed by atoms with Gasteiger partial charge in [-0.15, -0.1) is 0 Å². The number of likely N-dealkylation sites (tertiary alicyclic amines) is 1. The number of rotatable bonds is 3. The van der Waals surface area contributed by atoms with Crippen molar-refractivity contribution < 1.29 is 9.53 Å². The van der Waals surface area contributed by atoms with Gasteiger partial charge in [-0.1, -0.05) is 28.1 Å². The van der Waals surface area contributed by atoms with Crippen molar-refractivity contribution in [3.8, 4) is 0 Å². The zero-order valence-electron chi connectivity index (χ0n) is 12.8. The zero-order chi connectivity index (χ0) is 15.4. The van der Waals surface area contributed by atoms with Crippen LogP contribution >= 0.6 is 15.9 Å². The van der Waals surface area contributed by atoms with E-state index in [0.29, 0.717) is 13.2 Å². The van der Waals surface area contributed by atoms with Gasteiger partial charge in [0.25, 0.3) is 5.91 Å². The number of nitrogens with zero attached hydrogens (tertiary/aromatic N) is 2. The van der Waals surface area contributed by atoms with Gasteiger partial charge in [0.05, 0.1) is 6.61 Å². The summed E-state index contributed by atoms with van der Waals surface area (Å²) in [5.74, 6) is 0.181. The largest absolute Gasteiger partial charge is 0.366 e. The Morgan fingerprint density at radius 1 is 1.14 bits per heavy atom. The van der Waals surface area contributed by atoms with Crippen LogP contribution in [0.1, 0.15) is 24.8 Å². The van der Waals surface area contributed by atoms with Gasteiger partial charge in [-0.3, -0.25) is 9.69 Å². The highest BCUT2D eigenvalue weighted by Gasteiger charge is 2.30. The predicted octanol–water partition coefficient (Wildman–Crippen LogP) is 2.66. The van der Waals surface area contributed by atoms with E-state index in [1.54, 1.807) is 0 Å². The lowest BCUT2D eigenvalue weighted by atomic mass is 10.1. The molecule has 0 spiro atoms. The maximum Gasteiger partial charge on any atom is 0.253 e. The molecule has 4 nitrogen and oxygen atoms in total. The van der Waals surface area contributed by atoms with Gasteiger partial charge in [0, 0.05) is 37.2 Å². The molecule has 0 aliphatic carbocycles. The first kappa shape index (κ1) is 16.0. The van der Waals surface area contributed by atoms with Gasteiger partial charge in [-0.05, 0) is 37.0 Å². The summed E-state index contributed by atoms with van der Waals surface area (Å²) in [7, 11) is 0. The van der Waals surface area contributed by atoms with Crippen molar-refractivity contribution in [3.05, 3.63) is 34.3 Å². The van der Waals surface area contributed by atoms with E-state index < -0.39 is 0 Å². The Labute approximate surface area is 140 Å². The predicted molar refractivity (Wildman–Crippen MR) is 89.6 cm³/mol. The van der Waals surface area contributed by atoms with Crippen molar-refractivity contribution in [1.82, 2.24) is 9.80 Å². The summed E-state index contributed by atoms with van der Waals surface area (Å²) in [6.45, 7) is 4.89. The molecule has 0 N–H and O–H groups in total. The molecule has 0 aromatic heterocycles. The standard InChI is InChI=1S/C17H23BrN2O2/c18-15-6-4-14(5-7-15)12-19-10-11-22-16(13-19)17(21)20-8-2-1-3-9-20/h4-7,16H,1-3,8-13H2. The first-order valence-electron chi connectivity index (χ1n) is 8.09. The van der Waals surface area contributed by atoms with Crippen LogP contribution in [0.4, 0.5) is 0 Å². The Morgan fingerprint density at radius 3 is 2.59 bits per heavy atom. The Balaban J connectivity index is 1.56. The quantitative estimate of drug-likeness (QED) is 0.824. The van der Waals surface area contributed by atoms with E-state index in [4.69, 9.17) is 4.74 Å². The molecule has 22 heavy (non-hydrogen) atoms. The molecule has 2 aliphatic heterocycles. The molecular weight excluding hydrogens is 344 g/mol. The summed E-state index contributed by atoms with van der Waals surface area (Å²) in [5, 5.41) is 0. The van der Waals surface area contributed by atoms with Crippen molar-refractivity contribution in [2.75, 3.05) is 32.8 Å². The third-order valence-corrected chi connectivity index (χ3v) is 4.94. The number of halogens is 1. The van der Waals surface area contributed by atoms with Gasteiger partial charge in [-0.2, -0.15) is 0 Å². The summed E-state index contributed by atoms with van der Waals surface area (Å²) >= 11 is 3.46. The van der Waals surface area contributed by atoms with Crippen LogP contribution in [0, 0.1) is 0 Å². The minimum atomic E-state index is -0.290. The van der Waals surface area contributed by atoms with Gasteiger partial charge in [0.1, 0.15) is 6.10 Å². The highest BCUT2D eigenvalue weighted by Crippen LogP contribution is 2.17. The normalized spacial score (nSPS) is 23.5. The first-order chi connectivity index (χ1) is 10.7. The molecule has 3 rings (SSSR count). The number of morpholine rings is 1. The van der Waals surface area contributed by atoms with E-state index >= 15 is 0 Å². The summed E-state index contributed by atoms with van der Waals surface area (Å²) < 4.78 is 6.83. The maximum absolute atomic E-state index is 12.6. The molecule has 1 atom stereocenters. The van der Waals surface area contributed by atoms with E-state index in [9.17, 15) is 4.79 Å². The van der Waals surface area contributed by atoms with Crippen molar-refractivity contribution in [3.63, 3.8) is 0 Å². The number of hydrogen-bond acceptors (Lipinski definition) is 3. The maximum atomic E-state index is 12.6. The second-order valence-corrected chi connectivity index (χ2v) is 7.02. The highest BCUT2D eigenvalue weighted by molar-refractivity contribution is 9.10. The molecule has 120 valence electrons. The molecule has 1 aromatic carbocycles. The first-order valence-corrected chi connectivity index (χ1v) is 8.89. The van der Waals surface area contributed by atoms with Crippen molar-refractivity contribution in [1.29, 1.82) is 0 Å². The summed E-state index contributed by atoms with van der Waals surface area (Å²) in [6, 6.07) is 8.38. The molecule has 5 heteroatoms. The number of hydrogen-bond donors (Lipinski definition) is 0. The molecule has 2 fully saturated rings. The Bertz CT molecular complexity index is 500. The van der Waals surface area contributed by atoms with Crippen LogP contribution in [0.2, 0.25) is 0 Å². The molecule has 1 unspecified atom stereocenters. The fourth-order valence-electron chi connectivity index (χ4n) is 3.16. The molecule has 1 aromatic rings. The SMILES string of the molecule is O=C(C1CN(Cc2ccc(Br)cc2)CCO1)N1CCCCC1. The Kier molecular flexibility index (Phi) is 5.50. The van der Waals surface area contributed by atoms with Crippen LogP contribution in [0.5, 0.6) is 0 Å². The minimum absolute atomic E-state index is 0.181. The van der Waals surface area contributed by atoms with E-state index in [2.05, 4.69) is 45.1 Å². The topological polar surface area (TPSA) is 32.8 Å². The zero-order valence-corrected chi connectivity index (χ0v) is 14.4. The monoisotopic (exact) mass is 366 g/mol. The van der Waals surface area contributed by atoms with E-state index in [1.807, 2.05) is 4.90 Å². The van der Waals surface area contributed by atoms with Gasteiger partial charge < -0.3 is 9.64 Å². The Hall–Kier alpha value is -0.910. The number of carbonyl (C=O) groups excluding carboxylic acids is 1. The molecular formula is C17H23BrN2O2. The number of piperidine rings is 1. The van der Waals surface area contributed by atoms with Gasteiger partial charge in [0.15, 0.2) is 0 Å². The van der Waals surface area contributed by atoms with Crippen LogP contribution in [0.25, 0.3) is 0 Å². The lowest BCUT2D eigenvalue weighted by Gasteiger charge is -2.36. The molecule has 2 aliphatic rings. The fourth-order valence-corrected chi connectivity index (χ4v) is 3.43. The average molecular weight is 367 g/mol. The van der Waals surface area contributed by atoms with Crippen molar-refractivity contribution >= 4 is 21.8 Å². The number of benzene rings is 1. The van der Waals surface area contributed by atoms with Gasteiger partial charge in [0.2, 0.25) is 0 Å². The average Bonchev–Trinajstić information content (AvgIpc) is 2.57. The third kappa shape index (κ3) is 4.09. The molecule has 0 saturated carbocycles. The molecule has 2 saturated heterocycles. The van der Waals surface area contributed by atoms with Crippen molar-refractivity contribution in [2.45, 2.75) is 31.9 Å². The molecule has 0 radical (unpaired) electrons. The van der Waals surface area contributed by atoms with Gasteiger partial charge >= 0.3 is 0 Å². The highest BCUT2D eigenvalue weighted by atomic mass is 79.9. The van der Waals surface area contributed by atoms with Gasteiger partial charge in [-0.25, -0.2) is 0 Å². The van der Waals surface area contributed by atoms with Crippen LogP contribution in [0.3, 0.4) is 0 Å². The smallest absolute Gasteiger partial charge is 0.253 e. The summed E-state index contributed by atoms with van der Waals surface area (Å²) in [6.07, 6.45) is 3.20. The molecule has 2 heterocycles. The number of ether oxygens (including phenoxy) is 1. The molecule has 1 amide bonds. The number of carbonyl (C=O) groups is 1. The lowest BCUT2D eigenvalue weighted by molar-refractivity contribution is -0.150. The Morgan fingerprint density at radius 2 is 1.86 bits per heavy atom. The number of amides is 1.